The quantitative estimate of drug-likeness (QED) is 0.517. The van der Waals surface area contributed by atoms with Crippen molar-refractivity contribution in [3.05, 3.63) is 0 Å². The van der Waals surface area contributed by atoms with E-state index in [1.807, 2.05) is 0 Å². The molecule has 0 spiro atoms. The van der Waals surface area contributed by atoms with Gasteiger partial charge in [-0.3, -0.25) is 0 Å². The van der Waals surface area contributed by atoms with E-state index < -0.39 is 0 Å². The monoisotopic (exact) mass is 149 g/mol. The first-order chi connectivity index (χ1) is 2.77. The highest BCUT2D eigenvalue weighted by Crippen LogP contribution is 1.76. The molecule has 0 fully saturated rings. The molecule has 0 heterocycles. The second-order valence-electron chi connectivity index (χ2n) is 1.80. The van der Waals surface area contributed by atoms with E-state index in [2.05, 4.69) is 25.9 Å². The van der Waals surface area contributed by atoms with Gasteiger partial charge >= 0.3 is 23.1 Å². The fraction of sp³-hybridized carbons (Fsp3) is 1.00. The van der Waals surface area contributed by atoms with Crippen molar-refractivity contribution < 1.29 is 0 Å². The molecule has 0 aliphatic carbocycles. The Morgan fingerprint density at radius 2 is 1.62 bits per heavy atom. The first-order valence-corrected chi connectivity index (χ1v) is 2.42. The molecule has 0 saturated heterocycles. The van der Waals surface area contributed by atoms with Gasteiger partial charge in [0.25, 0.3) is 0 Å². The van der Waals surface area contributed by atoms with E-state index in [0.717, 1.165) is 0 Å². The van der Waals surface area contributed by atoms with Gasteiger partial charge in [-0.2, -0.15) is 0 Å². The molecule has 0 amide bonds. The van der Waals surface area contributed by atoms with E-state index in [1.54, 1.807) is 0 Å². The average Bonchev–Trinajstić information content (AvgIpc) is 1.35. The van der Waals surface area contributed by atoms with Gasteiger partial charge in [-0.25, -0.2) is 0 Å². The number of hydrogen-bond donors (Lipinski definition) is 0. The Morgan fingerprint density at radius 1 is 1.25 bits per heavy atom. The van der Waals surface area contributed by atoms with Crippen molar-refractivity contribution in [3.63, 3.8) is 0 Å². The fourth-order valence-corrected chi connectivity index (χ4v) is 0.447. The number of rotatable bonds is 2. The zero-order valence-electron chi connectivity index (χ0n) is 5.27. The van der Waals surface area contributed by atoms with Gasteiger partial charge in [0, 0.05) is 0 Å². The molecule has 0 bridgehead atoms. The molecule has 1 nitrogen and oxygen atoms in total. The maximum absolute atomic E-state index is 2.18. The summed E-state index contributed by atoms with van der Waals surface area (Å²) in [4.78, 5) is 2.18. The van der Waals surface area contributed by atoms with E-state index in [-0.39, 0.29) is 35.5 Å². The molecule has 0 aliphatic rings. The van der Waals surface area contributed by atoms with Crippen molar-refractivity contribution in [1.82, 2.24) is 4.90 Å². The van der Waals surface area contributed by atoms with Gasteiger partial charge in [0.1, 0.15) is 0 Å². The van der Waals surface area contributed by atoms with Crippen molar-refractivity contribution in [1.29, 1.82) is 0 Å². The second-order valence-corrected chi connectivity index (χ2v) is 1.80. The van der Waals surface area contributed by atoms with Crippen molar-refractivity contribution in [2.45, 2.75) is 13.3 Å². The van der Waals surface area contributed by atoms with Crippen LogP contribution in [0.15, 0.2) is 0 Å². The van der Waals surface area contributed by atoms with Gasteiger partial charge in [0.2, 0.25) is 0 Å². The summed E-state index contributed by atoms with van der Waals surface area (Å²) in [6.45, 7) is 3.39. The van der Waals surface area contributed by atoms with E-state index >= 15 is 0 Å². The summed E-state index contributed by atoms with van der Waals surface area (Å²) in [5.74, 6) is 0. The number of halogens is 1. The molecule has 0 aromatic heterocycles. The maximum atomic E-state index is 2.18. The standard InChI is InChI=1S/C5H13N.ClH.Mg.2H/c1-4-5-6(2)3;;;;/h4-5H2,1-3H3;1H;;;. The molecule has 0 N–H and O–H groups in total. The van der Waals surface area contributed by atoms with Gasteiger partial charge in [-0.1, -0.05) is 6.92 Å². The van der Waals surface area contributed by atoms with Crippen LogP contribution in [0.4, 0.5) is 0 Å². The molecule has 0 aromatic rings. The number of hydrogen-bond acceptors (Lipinski definition) is 1. The molecule has 0 aromatic carbocycles. The van der Waals surface area contributed by atoms with E-state index in [0.29, 0.717) is 0 Å². The number of nitrogens with zero attached hydrogens (tertiary/aromatic N) is 1. The largest absolute Gasteiger partial charge is 0.316 e. The van der Waals surface area contributed by atoms with Crippen LogP contribution in [-0.2, 0) is 0 Å². The van der Waals surface area contributed by atoms with Crippen LogP contribution in [0.3, 0.4) is 0 Å². The maximum Gasteiger partial charge on any atom is 0.316 e. The van der Waals surface area contributed by atoms with Crippen LogP contribution in [-0.4, -0.2) is 48.6 Å². The molecule has 0 radical (unpaired) electrons. The molecule has 0 aliphatic heterocycles. The minimum absolute atomic E-state index is 0. The minimum Gasteiger partial charge on any atom is -0.309 e. The minimum atomic E-state index is 0. The molecule has 0 saturated carbocycles. The predicted molar refractivity (Wildman–Crippen MR) is 44.6 cm³/mol. The Balaban J connectivity index is -0.000000125. The molecular weight excluding hydrogens is 134 g/mol. The van der Waals surface area contributed by atoms with E-state index in [1.165, 1.54) is 13.0 Å². The lowest BCUT2D eigenvalue weighted by atomic mass is 10.5. The van der Waals surface area contributed by atoms with Crippen molar-refractivity contribution in [2.24, 2.45) is 0 Å². The molecule has 0 unspecified atom stereocenters. The second kappa shape index (κ2) is 10.9. The van der Waals surface area contributed by atoms with Crippen LogP contribution in [0, 0.1) is 0 Å². The SMILES string of the molecule is CCCN(C)C.Cl.[MgH2]. The smallest absolute Gasteiger partial charge is 0.309 e. The zero-order chi connectivity index (χ0) is 4.99. The van der Waals surface area contributed by atoms with Crippen molar-refractivity contribution >= 4 is 35.5 Å². The van der Waals surface area contributed by atoms with Crippen molar-refractivity contribution in [3.8, 4) is 0 Å². The van der Waals surface area contributed by atoms with Gasteiger partial charge < -0.3 is 4.90 Å². The summed E-state index contributed by atoms with van der Waals surface area (Å²) >= 11 is 0. The van der Waals surface area contributed by atoms with Crippen LogP contribution >= 0.6 is 12.4 Å². The third-order valence-electron chi connectivity index (χ3n) is 0.671. The third-order valence-corrected chi connectivity index (χ3v) is 0.671. The van der Waals surface area contributed by atoms with Crippen LogP contribution in [0.25, 0.3) is 0 Å². The normalized spacial score (nSPS) is 7.50. The van der Waals surface area contributed by atoms with Gasteiger partial charge in [-0.15, -0.1) is 12.4 Å². The van der Waals surface area contributed by atoms with E-state index in [4.69, 9.17) is 0 Å². The first kappa shape index (κ1) is 16.0. The van der Waals surface area contributed by atoms with Gasteiger partial charge in [-0.05, 0) is 27.1 Å². The molecule has 8 heavy (non-hydrogen) atoms. The predicted octanol–water partition coefficient (Wildman–Crippen LogP) is 0.464. The van der Waals surface area contributed by atoms with E-state index in [9.17, 15) is 0 Å². The fourth-order valence-electron chi connectivity index (χ4n) is 0.447. The summed E-state index contributed by atoms with van der Waals surface area (Å²) < 4.78 is 0. The Kier molecular flexibility index (Phi) is 21.8. The molecule has 3 heteroatoms. The lowest BCUT2D eigenvalue weighted by molar-refractivity contribution is 0.408. The Hall–Kier alpha value is 1.02. The molecule has 50 valence electrons. The Morgan fingerprint density at radius 3 is 1.62 bits per heavy atom. The zero-order valence-corrected chi connectivity index (χ0v) is 6.09. The molecule has 0 atom stereocenters. The van der Waals surface area contributed by atoms with Crippen LogP contribution in [0.2, 0.25) is 0 Å². The summed E-state index contributed by atoms with van der Waals surface area (Å²) in [6, 6.07) is 0. The Labute approximate surface area is 74.4 Å². The van der Waals surface area contributed by atoms with Gasteiger partial charge in [0.05, 0.1) is 0 Å². The summed E-state index contributed by atoms with van der Waals surface area (Å²) in [5, 5.41) is 0. The third kappa shape index (κ3) is 15.7. The summed E-state index contributed by atoms with van der Waals surface area (Å²) in [6.07, 6.45) is 1.26. The highest BCUT2D eigenvalue weighted by Gasteiger charge is 1.79. The lowest BCUT2D eigenvalue weighted by Gasteiger charge is -2.03. The lowest BCUT2D eigenvalue weighted by Crippen LogP contribution is -2.11. The summed E-state index contributed by atoms with van der Waals surface area (Å²) in [7, 11) is 4.17. The van der Waals surface area contributed by atoms with Gasteiger partial charge in [0.15, 0.2) is 0 Å². The van der Waals surface area contributed by atoms with Crippen LogP contribution < -0.4 is 0 Å². The highest BCUT2D eigenvalue weighted by molar-refractivity contribution is 5.85. The molecular formula is C5H16ClMgN. The average molecular weight is 150 g/mol. The topological polar surface area (TPSA) is 3.24 Å². The molecule has 0 rings (SSSR count). The van der Waals surface area contributed by atoms with Crippen LogP contribution in [0.1, 0.15) is 13.3 Å². The first-order valence-electron chi connectivity index (χ1n) is 2.42. The van der Waals surface area contributed by atoms with Crippen molar-refractivity contribution in [2.75, 3.05) is 20.6 Å². The van der Waals surface area contributed by atoms with Crippen LogP contribution in [0.5, 0.6) is 0 Å². The highest BCUT2D eigenvalue weighted by atomic mass is 35.5. The summed E-state index contributed by atoms with van der Waals surface area (Å²) in [5.41, 5.74) is 0. The Bertz CT molecular complexity index is 33.6.